The van der Waals surface area contributed by atoms with Crippen LogP contribution in [0.3, 0.4) is 0 Å². The van der Waals surface area contributed by atoms with Crippen molar-refractivity contribution in [2.24, 2.45) is 0 Å². The molecule has 1 aromatic rings. The van der Waals surface area contributed by atoms with Crippen LogP contribution in [0, 0.1) is 13.8 Å². The van der Waals surface area contributed by atoms with E-state index < -0.39 is 0 Å². The van der Waals surface area contributed by atoms with Crippen molar-refractivity contribution in [1.82, 2.24) is 5.32 Å². The molecule has 2 atom stereocenters. The van der Waals surface area contributed by atoms with Gasteiger partial charge in [0.05, 0.1) is 13.2 Å². The molecule has 0 aliphatic rings. The Labute approximate surface area is 123 Å². The molecule has 1 N–H and O–H groups in total. The summed E-state index contributed by atoms with van der Waals surface area (Å²) in [5.74, 6) is 1.00. The third-order valence-corrected chi connectivity index (χ3v) is 3.90. The Hall–Kier alpha value is -1.06. The number of ether oxygens (including phenoxy) is 2. The van der Waals surface area contributed by atoms with Gasteiger partial charge in [-0.3, -0.25) is 0 Å². The molecular formula is C17H29NO2. The SMILES string of the molecule is CCCNC(CC(C)OC)c1ccc(C)c(C)c1OC. The third kappa shape index (κ3) is 4.22. The third-order valence-electron chi connectivity index (χ3n) is 3.90. The first kappa shape index (κ1) is 17.0. The van der Waals surface area contributed by atoms with Crippen LogP contribution in [0.1, 0.15) is 49.4 Å². The van der Waals surface area contributed by atoms with E-state index in [2.05, 4.69) is 45.1 Å². The van der Waals surface area contributed by atoms with E-state index >= 15 is 0 Å². The normalized spacial score (nSPS) is 14.1. The lowest BCUT2D eigenvalue weighted by atomic mass is 9.95. The fourth-order valence-electron chi connectivity index (χ4n) is 2.42. The summed E-state index contributed by atoms with van der Waals surface area (Å²) in [6.07, 6.45) is 2.27. The molecule has 0 bridgehead atoms. The summed E-state index contributed by atoms with van der Waals surface area (Å²) in [6.45, 7) is 9.52. The fraction of sp³-hybridized carbons (Fsp3) is 0.647. The number of methoxy groups -OCH3 is 2. The van der Waals surface area contributed by atoms with Gasteiger partial charge in [-0.1, -0.05) is 19.1 Å². The first-order valence-electron chi connectivity index (χ1n) is 7.45. The molecule has 0 aromatic heterocycles. The van der Waals surface area contributed by atoms with Crippen LogP contribution in [0.5, 0.6) is 5.75 Å². The van der Waals surface area contributed by atoms with Crippen molar-refractivity contribution in [3.05, 3.63) is 28.8 Å². The van der Waals surface area contributed by atoms with Crippen LogP contribution < -0.4 is 10.1 Å². The molecule has 0 amide bonds. The highest BCUT2D eigenvalue weighted by Gasteiger charge is 2.20. The van der Waals surface area contributed by atoms with Gasteiger partial charge in [0.2, 0.25) is 0 Å². The highest BCUT2D eigenvalue weighted by atomic mass is 16.5. The molecule has 114 valence electrons. The zero-order valence-corrected chi connectivity index (χ0v) is 13.7. The predicted octanol–water partition coefficient (Wildman–Crippen LogP) is 3.78. The maximum atomic E-state index is 5.65. The van der Waals surface area contributed by atoms with Crippen molar-refractivity contribution in [2.75, 3.05) is 20.8 Å². The molecule has 3 heteroatoms. The van der Waals surface area contributed by atoms with E-state index in [0.29, 0.717) is 0 Å². The molecule has 0 aliphatic heterocycles. The minimum absolute atomic E-state index is 0.218. The zero-order valence-electron chi connectivity index (χ0n) is 13.7. The average Bonchev–Trinajstić information content (AvgIpc) is 2.46. The maximum Gasteiger partial charge on any atom is 0.126 e. The predicted molar refractivity (Wildman–Crippen MR) is 84.6 cm³/mol. The highest BCUT2D eigenvalue weighted by Crippen LogP contribution is 2.33. The fourth-order valence-corrected chi connectivity index (χ4v) is 2.42. The molecule has 0 radical (unpaired) electrons. The van der Waals surface area contributed by atoms with E-state index in [1.54, 1.807) is 14.2 Å². The molecule has 1 rings (SSSR count). The molecular weight excluding hydrogens is 250 g/mol. The van der Waals surface area contributed by atoms with Crippen LogP contribution in [-0.2, 0) is 4.74 Å². The summed E-state index contributed by atoms with van der Waals surface area (Å²) in [5.41, 5.74) is 3.71. The Balaban J connectivity index is 3.08. The first-order valence-corrected chi connectivity index (χ1v) is 7.45. The van der Waals surface area contributed by atoms with Gasteiger partial charge < -0.3 is 14.8 Å². The Bertz CT molecular complexity index is 418. The van der Waals surface area contributed by atoms with Crippen molar-refractivity contribution < 1.29 is 9.47 Å². The summed E-state index contributed by atoms with van der Waals surface area (Å²) in [5, 5.41) is 3.61. The van der Waals surface area contributed by atoms with Gasteiger partial charge >= 0.3 is 0 Å². The molecule has 0 fully saturated rings. The van der Waals surface area contributed by atoms with E-state index in [9.17, 15) is 0 Å². The van der Waals surface area contributed by atoms with Crippen molar-refractivity contribution in [3.8, 4) is 5.75 Å². The van der Waals surface area contributed by atoms with E-state index in [1.807, 2.05) is 0 Å². The van der Waals surface area contributed by atoms with Crippen molar-refractivity contribution in [1.29, 1.82) is 0 Å². The smallest absolute Gasteiger partial charge is 0.126 e. The van der Waals surface area contributed by atoms with Gasteiger partial charge in [0.15, 0.2) is 0 Å². The van der Waals surface area contributed by atoms with E-state index in [-0.39, 0.29) is 12.1 Å². The molecule has 0 heterocycles. The monoisotopic (exact) mass is 279 g/mol. The van der Waals surface area contributed by atoms with Gasteiger partial charge in [-0.2, -0.15) is 0 Å². The lowest BCUT2D eigenvalue weighted by Gasteiger charge is -2.25. The number of benzene rings is 1. The summed E-state index contributed by atoms with van der Waals surface area (Å²) in [4.78, 5) is 0. The molecule has 20 heavy (non-hydrogen) atoms. The molecule has 0 spiro atoms. The number of rotatable bonds is 8. The van der Waals surface area contributed by atoms with Gasteiger partial charge in [0, 0.05) is 18.7 Å². The van der Waals surface area contributed by atoms with Crippen molar-refractivity contribution in [3.63, 3.8) is 0 Å². The van der Waals surface area contributed by atoms with Crippen LogP contribution in [0.4, 0.5) is 0 Å². The van der Waals surface area contributed by atoms with E-state index in [4.69, 9.17) is 9.47 Å². The van der Waals surface area contributed by atoms with Crippen LogP contribution in [0.25, 0.3) is 0 Å². The molecule has 0 aliphatic carbocycles. The number of hydrogen-bond acceptors (Lipinski definition) is 3. The van der Waals surface area contributed by atoms with Crippen LogP contribution in [0.2, 0.25) is 0 Å². The van der Waals surface area contributed by atoms with Gasteiger partial charge in [0.25, 0.3) is 0 Å². The van der Waals surface area contributed by atoms with Crippen molar-refractivity contribution >= 4 is 0 Å². The number of hydrogen-bond donors (Lipinski definition) is 1. The number of nitrogens with one attached hydrogen (secondary N) is 1. The van der Waals surface area contributed by atoms with Gasteiger partial charge in [-0.15, -0.1) is 0 Å². The molecule has 1 aromatic carbocycles. The summed E-state index contributed by atoms with van der Waals surface area (Å²) in [6, 6.07) is 4.61. The lowest BCUT2D eigenvalue weighted by Crippen LogP contribution is -2.26. The number of aryl methyl sites for hydroxylation is 1. The molecule has 3 nitrogen and oxygen atoms in total. The molecule has 0 saturated heterocycles. The lowest BCUT2D eigenvalue weighted by molar-refractivity contribution is 0.100. The molecule has 2 unspecified atom stereocenters. The van der Waals surface area contributed by atoms with Crippen LogP contribution in [-0.4, -0.2) is 26.9 Å². The van der Waals surface area contributed by atoms with Gasteiger partial charge in [0.1, 0.15) is 5.75 Å². The minimum Gasteiger partial charge on any atom is -0.496 e. The second kappa shape index (κ2) is 8.28. The van der Waals surface area contributed by atoms with Crippen LogP contribution in [0.15, 0.2) is 12.1 Å². The van der Waals surface area contributed by atoms with Gasteiger partial charge in [-0.25, -0.2) is 0 Å². The van der Waals surface area contributed by atoms with E-state index in [0.717, 1.165) is 25.1 Å². The molecule has 0 saturated carbocycles. The Kier molecular flexibility index (Phi) is 7.03. The Morgan fingerprint density at radius 2 is 1.90 bits per heavy atom. The quantitative estimate of drug-likeness (QED) is 0.785. The standard InChI is InChI=1S/C17H29NO2/c1-7-10-18-16(11-13(3)19-5)15-9-8-12(2)14(4)17(15)20-6/h8-9,13,16,18H,7,10-11H2,1-6H3. The Morgan fingerprint density at radius 3 is 2.45 bits per heavy atom. The summed E-state index contributed by atoms with van der Waals surface area (Å²) in [7, 11) is 3.51. The van der Waals surface area contributed by atoms with Gasteiger partial charge in [-0.05, 0) is 51.3 Å². The zero-order chi connectivity index (χ0) is 15.1. The Morgan fingerprint density at radius 1 is 1.20 bits per heavy atom. The first-order chi connectivity index (χ1) is 9.54. The highest BCUT2D eigenvalue weighted by molar-refractivity contribution is 5.46. The maximum absolute atomic E-state index is 5.65. The summed E-state index contributed by atoms with van der Waals surface area (Å²) >= 11 is 0. The average molecular weight is 279 g/mol. The van der Waals surface area contributed by atoms with E-state index in [1.165, 1.54) is 16.7 Å². The topological polar surface area (TPSA) is 30.5 Å². The van der Waals surface area contributed by atoms with Crippen molar-refractivity contribution in [2.45, 2.75) is 52.7 Å². The largest absolute Gasteiger partial charge is 0.496 e. The minimum atomic E-state index is 0.218. The summed E-state index contributed by atoms with van der Waals surface area (Å²) < 4.78 is 11.1. The van der Waals surface area contributed by atoms with Crippen LogP contribution >= 0.6 is 0 Å². The second-order valence-corrected chi connectivity index (χ2v) is 5.42. The second-order valence-electron chi connectivity index (χ2n) is 5.42.